The van der Waals surface area contributed by atoms with Crippen LogP contribution in [0, 0.1) is 13.8 Å². The second-order valence-electron chi connectivity index (χ2n) is 6.77. The Morgan fingerprint density at radius 1 is 0.929 bits per heavy atom. The Hall–Kier alpha value is -3.28. The first-order valence-electron chi connectivity index (χ1n) is 9.10. The van der Waals surface area contributed by atoms with Crippen LogP contribution in [0.2, 0.25) is 0 Å². The molecule has 6 heteroatoms. The molecule has 0 N–H and O–H groups in total. The highest BCUT2D eigenvalue weighted by atomic mass is 16.5. The normalized spacial score (nSPS) is 12.9. The summed E-state index contributed by atoms with van der Waals surface area (Å²) in [7, 11) is 0. The van der Waals surface area contributed by atoms with E-state index in [9.17, 15) is 19.2 Å². The van der Waals surface area contributed by atoms with Gasteiger partial charge in [-0.15, -0.1) is 0 Å². The fourth-order valence-electron chi connectivity index (χ4n) is 3.15. The Balaban J connectivity index is 1.47. The quantitative estimate of drug-likeness (QED) is 0.419. The van der Waals surface area contributed by atoms with E-state index in [4.69, 9.17) is 4.74 Å². The number of imide groups is 1. The average Bonchev–Trinajstić information content (AvgIpc) is 2.93. The van der Waals surface area contributed by atoms with Crippen molar-refractivity contribution < 1.29 is 23.9 Å². The lowest BCUT2D eigenvalue weighted by Gasteiger charge is -2.13. The van der Waals surface area contributed by atoms with Gasteiger partial charge >= 0.3 is 5.97 Å². The summed E-state index contributed by atoms with van der Waals surface area (Å²) in [5.74, 6) is -1.42. The molecule has 144 valence electrons. The molecule has 0 aliphatic carbocycles. The van der Waals surface area contributed by atoms with Gasteiger partial charge in [0, 0.05) is 12.0 Å². The zero-order chi connectivity index (χ0) is 20.3. The van der Waals surface area contributed by atoms with Crippen LogP contribution in [-0.4, -0.2) is 41.6 Å². The van der Waals surface area contributed by atoms with Crippen LogP contribution in [0.15, 0.2) is 42.5 Å². The third kappa shape index (κ3) is 4.01. The van der Waals surface area contributed by atoms with Crippen LogP contribution in [0.3, 0.4) is 0 Å². The SMILES string of the molecule is Cc1ccc(C)c(C(=O)CCC(=O)OCCN2C(=O)c3ccccc3C2=O)c1. The number of rotatable bonds is 7. The maximum Gasteiger partial charge on any atom is 0.306 e. The van der Waals surface area contributed by atoms with Gasteiger partial charge in [0.25, 0.3) is 11.8 Å². The van der Waals surface area contributed by atoms with Crippen molar-refractivity contribution in [2.75, 3.05) is 13.2 Å². The molecule has 0 saturated heterocycles. The Labute approximate surface area is 163 Å². The van der Waals surface area contributed by atoms with Crippen molar-refractivity contribution >= 4 is 23.6 Å². The monoisotopic (exact) mass is 379 g/mol. The van der Waals surface area contributed by atoms with Crippen LogP contribution in [0.25, 0.3) is 0 Å². The van der Waals surface area contributed by atoms with Crippen LogP contribution in [0.5, 0.6) is 0 Å². The van der Waals surface area contributed by atoms with E-state index in [2.05, 4.69) is 0 Å². The van der Waals surface area contributed by atoms with E-state index < -0.39 is 5.97 Å². The number of esters is 1. The number of nitrogens with zero attached hydrogens (tertiary/aromatic N) is 1. The van der Waals surface area contributed by atoms with Gasteiger partial charge in [0.1, 0.15) is 6.61 Å². The fraction of sp³-hybridized carbons (Fsp3) is 0.273. The van der Waals surface area contributed by atoms with E-state index in [-0.39, 0.29) is 43.6 Å². The summed E-state index contributed by atoms with van der Waals surface area (Å²) in [6, 6.07) is 12.2. The summed E-state index contributed by atoms with van der Waals surface area (Å²) in [5.41, 5.74) is 3.18. The largest absolute Gasteiger partial charge is 0.464 e. The molecule has 0 unspecified atom stereocenters. The standard InChI is InChI=1S/C22H21NO5/c1-14-7-8-15(2)18(13-14)19(24)9-10-20(25)28-12-11-23-21(26)16-5-3-4-6-17(16)22(23)27/h3-8,13H,9-12H2,1-2H3. The molecule has 2 amide bonds. The zero-order valence-corrected chi connectivity index (χ0v) is 15.9. The summed E-state index contributed by atoms with van der Waals surface area (Å²) >= 11 is 0. The van der Waals surface area contributed by atoms with Crippen molar-refractivity contribution in [2.45, 2.75) is 26.7 Å². The van der Waals surface area contributed by atoms with Crippen LogP contribution >= 0.6 is 0 Å². The van der Waals surface area contributed by atoms with E-state index in [1.165, 1.54) is 0 Å². The number of hydrogen-bond acceptors (Lipinski definition) is 5. The lowest BCUT2D eigenvalue weighted by Crippen LogP contribution is -2.33. The number of carbonyl (C=O) groups is 4. The van der Waals surface area contributed by atoms with Crippen molar-refractivity contribution in [3.8, 4) is 0 Å². The maximum absolute atomic E-state index is 12.3. The minimum absolute atomic E-state index is 0.0109. The van der Waals surface area contributed by atoms with Crippen molar-refractivity contribution in [1.29, 1.82) is 0 Å². The van der Waals surface area contributed by atoms with Gasteiger partial charge in [-0.1, -0.05) is 29.8 Å². The summed E-state index contributed by atoms with van der Waals surface area (Å²) < 4.78 is 5.10. The number of hydrogen-bond donors (Lipinski definition) is 0. The molecule has 3 rings (SSSR count). The number of aryl methyl sites for hydroxylation is 2. The number of carbonyl (C=O) groups excluding carboxylic acids is 4. The molecule has 28 heavy (non-hydrogen) atoms. The van der Waals surface area contributed by atoms with Gasteiger partial charge in [0.2, 0.25) is 0 Å². The molecule has 6 nitrogen and oxygen atoms in total. The molecular formula is C22H21NO5. The number of fused-ring (bicyclic) bond motifs is 1. The molecule has 1 heterocycles. The molecule has 2 aromatic rings. The summed E-state index contributed by atoms with van der Waals surface area (Å²) in [6.07, 6.45) is 0.00444. The molecule has 0 saturated carbocycles. The lowest BCUT2D eigenvalue weighted by atomic mass is 9.99. The predicted octanol–water partition coefficient (Wildman–Crippen LogP) is 3.11. The second kappa shape index (κ2) is 8.17. The third-order valence-corrected chi connectivity index (χ3v) is 4.71. The molecule has 1 aliphatic rings. The molecule has 2 aromatic carbocycles. The highest BCUT2D eigenvalue weighted by Crippen LogP contribution is 2.22. The molecule has 0 atom stereocenters. The van der Waals surface area contributed by atoms with E-state index in [1.54, 1.807) is 24.3 Å². The molecule has 0 fully saturated rings. The van der Waals surface area contributed by atoms with Gasteiger partial charge in [-0.05, 0) is 37.6 Å². The fourth-order valence-corrected chi connectivity index (χ4v) is 3.15. The number of amides is 2. The summed E-state index contributed by atoms with van der Waals surface area (Å²) in [5, 5.41) is 0. The minimum Gasteiger partial charge on any atom is -0.464 e. The van der Waals surface area contributed by atoms with Crippen LogP contribution in [0.1, 0.15) is 55.0 Å². The topological polar surface area (TPSA) is 80.8 Å². The van der Waals surface area contributed by atoms with Crippen molar-refractivity contribution in [1.82, 2.24) is 4.90 Å². The third-order valence-electron chi connectivity index (χ3n) is 4.71. The Morgan fingerprint density at radius 3 is 2.21 bits per heavy atom. The first-order chi connectivity index (χ1) is 13.4. The first-order valence-corrected chi connectivity index (χ1v) is 9.10. The van der Waals surface area contributed by atoms with Crippen molar-refractivity contribution in [2.24, 2.45) is 0 Å². The van der Waals surface area contributed by atoms with Crippen LogP contribution in [0.4, 0.5) is 0 Å². The van der Waals surface area contributed by atoms with Crippen LogP contribution < -0.4 is 0 Å². The van der Waals surface area contributed by atoms with E-state index in [1.807, 2.05) is 32.0 Å². The predicted molar refractivity (Wildman–Crippen MR) is 102 cm³/mol. The average molecular weight is 379 g/mol. The first kappa shape index (κ1) is 19.5. The zero-order valence-electron chi connectivity index (χ0n) is 15.9. The molecule has 0 bridgehead atoms. The molecule has 0 aromatic heterocycles. The smallest absolute Gasteiger partial charge is 0.306 e. The highest BCUT2D eigenvalue weighted by molar-refractivity contribution is 6.21. The number of ketones is 1. The van der Waals surface area contributed by atoms with Gasteiger partial charge < -0.3 is 4.74 Å². The molecular weight excluding hydrogens is 358 g/mol. The van der Waals surface area contributed by atoms with Gasteiger partial charge in [-0.3, -0.25) is 24.1 Å². The molecule has 1 aliphatic heterocycles. The molecule has 0 radical (unpaired) electrons. The molecule has 0 spiro atoms. The second-order valence-corrected chi connectivity index (χ2v) is 6.77. The van der Waals surface area contributed by atoms with Gasteiger partial charge in [0.05, 0.1) is 24.1 Å². The Kier molecular flexibility index (Phi) is 5.68. The lowest BCUT2D eigenvalue weighted by molar-refractivity contribution is -0.143. The summed E-state index contributed by atoms with van der Waals surface area (Å²) in [4.78, 5) is 49.8. The van der Waals surface area contributed by atoms with Crippen LogP contribution in [-0.2, 0) is 9.53 Å². The Morgan fingerprint density at radius 2 is 1.57 bits per heavy atom. The maximum atomic E-state index is 12.3. The number of benzene rings is 2. The van der Waals surface area contributed by atoms with Gasteiger partial charge in [-0.2, -0.15) is 0 Å². The highest BCUT2D eigenvalue weighted by Gasteiger charge is 2.34. The van der Waals surface area contributed by atoms with E-state index in [0.717, 1.165) is 16.0 Å². The van der Waals surface area contributed by atoms with Crippen molar-refractivity contribution in [3.05, 3.63) is 70.3 Å². The number of ether oxygens (including phenoxy) is 1. The van der Waals surface area contributed by atoms with E-state index in [0.29, 0.717) is 16.7 Å². The Bertz CT molecular complexity index is 928. The van der Waals surface area contributed by atoms with Gasteiger partial charge in [-0.25, -0.2) is 0 Å². The van der Waals surface area contributed by atoms with Crippen molar-refractivity contribution in [3.63, 3.8) is 0 Å². The van der Waals surface area contributed by atoms with Gasteiger partial charge in [0.15, 0.2) is 5.78 Å². The number of Topliss-reactive ketones (excluding diaryl/α,β-unsaturated/α-hetero) is 1. The summed E-state index contributed by atoms with van der Waals surface area (Å²) in [6.45, 7) is 3.65. The minimum atomic E-state index is -0.532. The van der Waals surface area contributed by atoms with E-state index >= 15 is 0 Å².